The molecule has 0 spiro atoms. The van der Waals surface area contributed by atoms with Gasteiger partial charge in [0.1, 0.15) is 0 Å². The van der Waals surface area contributed by atoms with E-state index in [1.165, 1.54) is 38.9 Å². The van der Waals surface area contributed by atoms with Crippen molar-refractivity contribution in [2.24, 2.45) is 11.8 Å². The van der Waals surface area contributed by atoms with Crippen molar-refractivity contribution in [2.75, 3.05) is 19.6 Å². The fraction of sp³-hybridized carbons (Fsp3) is 1.00. The highest BCUT2D eigenvalue weighted by Gasteiger charge is 2.34. The highest BCUT2D eigenvalue weighted by molar-refractivity contribution is 4.90. The normalized spacial score (nSPS) is 26.3. The van der Waals surface area contributed by atoms with Crippen LogP contribution in [0.25, 0.3) is 0 Å². The van der Waals surface area contributed by atoms with Gasteiger partial charge in [-0.2, -0.15) is 0 Å². The second-order valence-electron chi connectivity index (χ2n) is 6.07. The van der Waals surface area contributed by atoms with Crippen molar-refractivity contribution in [1.82, 2.24) is 10.2 Å². The third kappa shape index (κ3) is 4.59. The third-order valence-electron chi connectivity index (χ3n) is 4.28. The Morgan fingerprint density at radius 3 is 2.29 bits per heavy atom. The smallest absolute Gasteiger partial charge is 0.0136 e. The van der Waals surface area contributed by atoms with E-state index >= 15 is 0 Å². The zero-order chi connectivity index (χ0) is 12.8. The van der Waals surface area contributed by atoms with Crippen LogP contribution < -0.4 is 5.32 Å². The molecule has 17 heavy (non-hydrogen) atoms. The van der Waals surface area contributed by atoms with Gasteiger partial charge in [-0.3, -0.25) is 0 Å². The van der Waals surface area contributed by atoms with Crippen LogP contribution in [0.3, 0.4) is 0 Å². The van der Waals surface area contributed by atoms with Gasteiger partial charge in [0.15, 0.2) is 0 Å². The summed E-state index contributed by atoms with van der Waals surface area (Å²) >= 11 is 0. The first-order valence-corrected chi connectivity index (χ1v) is 7.55. The molecule has 1 saturated carbocycles. The Hall–Kier alpha value is -0.0800. The first kappa shape index (κ1) is 15.0. The third-order valence-corrected chi connectivity index (χ3v) is 4.28. The topological polar surface area (TPSA) is 15.3 Å². The predicted molar refractivity (Wildman–Crippen MR) is 76.4 cm³/mol. The molecule has 1 aliphatic carbocycles. The molecule has 1 aliphatic rings. The van der Waals surface area contributed by atoms with Crippen molar-refractivity contribution in [1.29, 1.82) is 0 Å². The molecular weight excluding hydrogens is 208 g/mol. The summed E-state index contributed by atoms with van der Waals surface area (Å²) in [6.07, 6.45) is 4.13. The van der Waals surface area contributed by atoms with Crippen LogP contribution in [0.15, 0.2) is 0 Å². The van der Waals surface area contributed by atoms with E-state index in [0.29, 0.717) is 6.04 Å². The van der Waals surface area contributed by atoms with Gasteiger partial charge < -0.3 is 10.2 Å². The van der Waals surface area contributed by atoms with Crippen LogP contribution in [0.4, 0.5) is 0 Å². The second kappa shape index (κ2) is 7.38. The fourth-order valence-corrected chi connectivity index (χ4v) is 2.69. The van der Waals surface area contributed by atoms with Crippen LogP contribution in [-0.4, -0.2) is 36.6 Å². The van der Waals surface area contributed by atoms with Gasteiger partial charge in [0.2, 0.25) is 0 Å². The summed E-state index contributed by atoms with van der Waals surface area (Å²) in [6, 6.07) is 1.47. The molecule has 0 bridgehead atoms. The molecule has 0 aliphatic heterocycles. The predicted octanol–water partition coefficient (Wildman–Crippen LogP) is 3.13. The van der Waals surface area contributed by atoms with Gasteiger partial charge in [-0.25, -0.2) is 0 Å². The number of hydrogen-bond acceptors (Lipinski definition) is 2. The zero-order valence-electron chi connectivity index (χ0n) is 12.5. The molecule has 0 amide bonds. The second-order valence-corrected chi connectivity index (χ2v) is 6.07. The van der Waals surface area contributed by atoms with Crippen molar-refractivity contribution in [3.63, 3.8) is 0 Å². The SMILES string of the molecule is CCC(C)CN(CC)C1CCC1CNC(C)C. The Bertz CT molecular complexity index is 203. The summed E-state index contributed by atoms with van der Waals surface area (Å²) in [7, 11) is 0. The lowest BCUT2D eigenvalue weighted by Crippen LogP contribution is -2.52. The lowest BCUT2D eigenvalue weighted by Gasteiger charge is -2.45. The lowest BCUT2D eigenvalue weighted by atomic mass is 9.78. The van der Waals surface area contributed by atoms with Gasteiger partial charge in [-0.1, -0.05) is 41.0 Å². The van der Waals surface area contributed by atoms with Gasteiger partial charge >= 0.3 is 0 Å². The van der Waals surface area contributed by atoms with Crippen LogP contribution >= 0.6 is 0 Å². The highest BCUT2D eigenvalue weighted by atomic mass is 15.2. The van der Waals surface area contributed by atoms with Crippen molar-refractivity contribution in [3.8, 4) is 0 Å². The van der Waals surface area contributed by atoms with Gasteiger partial charge in [-0.05, 0) is 37.8 Å². The molecule has 0 aromatic heterocycles. The number of nitrogens with zero attached hydrogens (tertiary/aromatic N) is 1. The number of nitrogens with one attached hydrogen (secondary N) is 1. The summed E-state index contributed by atoms with van der Waals surface area (Å²) in [4.78, 5) is 2.71. The number of rotatable bonds is 8. The summed E-state index contributed by atoms with van der Waals surface area (Å²) in [5.74, 6) is 1.73. The van der Waals surface area contributed by atoms with Gasteiger partial charge in [0.05, 0.1) is 0 Å². The van der Waals surface area contributed by atoms with E-state index in [1.807, 2.05) is 0 Å². The summed E-state index contributed by atoms with van der Waals surface area (Å²) in [5, 5.41) is 3.60. The fourth-order valence-electron chi connectivity index (χ4n) is 2.69. The average Bonchev–Trinajstić information content (AvgIpc) is 2.26. The van der Waals surface area contributed by atoms with E-state index in [9.17, 15) is 0 Å². The van der Waals surface area contributed by atoms with E-state index in [1.54, 1.807) is 0 Å². The highest BCUT2D eigenvalue weighted by Crippen LogP contribution is 2.32. The van der Waals surface area contributed by atoms with E-state index in [0.717, 1.165) is 17.9 Å². The summed E-state index contributed by atoms with van der Waals surface area (Å²) in [5.41, 5.74) is 0. The summed E-state index contributed by atoms with van der Waals surface area (Å²) < 4.78 is 0. The first-order valence-electron chi connectivity index (χ1n) is 7.55. The summed E-state index contributed by atoms with van der Waals surface area (Å²) in [6.45, 7) is 15.2. The van der Waals surface area contributed by atoms with Crippen LogP contribution in [0.2, 0.25) is 0 Å². The zero-order valence-corrected chi connectivity index (χ0v) is 12.5. The van der Waals surface area contributed by atoms with Crippen molar-refractivity contribution < 1.29 is 0 Å². The Morgan fingerprint density at radius 1 is 1.18 bits per heavy atom. The van der Waals surface area contributed by atoms with Crippen LogP contribution in [-0.2, 0) is 0 Å². The molecule has 1 N–H and O–H groups in total. The van der Waals surface area contributed by atoms with Crippen molar-refractivity contribution in [2.45, 2.75) is 66.0 Å². The minimum absolute atomic E-state index is 0.626. The molecule has 3 atom stereocenters. The van der Waals surface area contributed by atoms with E-state index in [4.69, 9.17) is 0 Å². The molecule has 0 heterocycles. The lowest BCUT2D eigenvalue weighted by molar-refractivity contribution is 0.0536. The molecule has 0 aromatic carbocycles. The minimum atomic E-state index is 0.626. The van der Waals surface area contributed by atoms with Crippen LogP contribution in [0.5, 0.6) is 0 Å². The molecule has 102 valence electrons. The largest absolute Gasteiger partial charge is 0.314 e. The van der Waals surface area contributed by atoms with E-state index in [2.05, 4.69) is 44.8 Å². The molecule has 0 saturated heterocycles. The van der Waals surface area contributed by atoms with E-state index < -0.39 is 0 Å². The Labute approximate surface area is 108 Å². The Kier molecular flexibility index (Phi) is 6.50. The molecule has 0 aromatic rings. The van der Waals surface area contributed by atoms with Crippen LogP contribution in [0, 0.1) is 11.8 Å². The monoisotopic (exact) mass is 240 g/mol. The average molecular weight is 240 g/mol. The van der Waals surface area contributed by atoms with Gasteiger partial charge in [-0.15, -0.1) is 0 Å². The Balaban J connectivity index is 2.36. The molecule has 0 radical (unpaired) electrons. The number of hydrogen-bond donors (Lipinski definition) is 1. The Morgan fingerprint density at radius 2 is 1.88 bits per heavy atom. The molecular formula is C15H32N2. The maximum absolute atomic E-state index is 3.60. The standard InChI is InChI=1S/C15H32N2/c1-6-13(5)11-17(7-2)15-9-8-14(15)10-16-12(3)4/h12-16H,6-11H2,1-5H3. The van der Waals surface area contributed by atoms with Crippen LogP contribution in [0.1, 0.15) is 53.9 Å². The quantitative estimate of drug-likeness (QED) is 0.701. The van der Waals surface area contributed by atoms with E-state index in [-0.39, 0.29) is 0 Å². The van der Waals surface area contributed by atoms with Gasteiger partial charge in [0.25, 0.3) is 0 Å². The molecule has 2 nitrogen and oxygen atoms in total. The van der Waals surface area contributed by atoms with Crippen molar-refractivity contribution >= 4 is 0 Å². The maximum Gasteiger partial charge on any atom is 0.0136 e. The molecule has 1 fully saturated rings. The molecule has 2 heteroatoms. The molecule has 1 rings (SSSR count). The minimum Gasteiger partial charge on any atom is -0.314 e. The van der Waals surface area contributed by atoms with Gasteiger partial charge in [0, 0.05) is 18.6 Å². The van der Waals surface area contributed by atoms with Crippen molar-refractivity contribution in [3.05, 3.63) is 0 Å². The maximum atomic E-state index is 3.60. The first-order chi connectivity index (χ1) is 8.08. The molecule has 3 unspecified atom stereocenters.